The molecule has 0 aromatic rings. The molecule has 78 valence electrons. The van der Waals surface area contributed by atoms with Gasteiger partial charge in [-0.15, -0.1) is 0 Å². The van der Waals surface area contributed by atoms with Gasteiger partial charge in [0.1, 0.15) is 9.92 Å². The molecule has 1 atom stereocenters. The van der Waals surface area contributed by atoms with E-state index >= 15 is 0 Å². The van der Waals surface area contributed by atoms with E-state index in [-0.39, 0.29) is 0 Å². The molecule has 0 aromatic heterocycles. The van der Waals surface area contributed by atoms with Crippen LogP contribution in [0.25, 0.3) is 0 Å². The zero-order valence-corrected chi connectivity index (χ0v) is 9.62. The van der Waals surface area contributed by atoms with Crippen molar-refractivity contribution in [1.82, 2.24) is 4.31 Å². The minimum Gasteiger partial charge on any atom is -0.240 e. The topological polar surface area (TPSA) is 44.2 Å². The molecule has 1 N–H and O–H groups in total. The van der Waals surface area contributed by atoms with E-state index in [2.05, 4.69) is 0 Å². The summed E-state index contributed by atoms with van der Waals surface area (Å²) < 4.78 is 21.5. The maximum atomic E-state index is 12.2. The van der Waals surface area contributed by atoms with Crippen molar-refractivity contribution in [3.05, 3.63) is 0 Å². The molecule has 1 heterocycles. The number of rotatable bonds is 1. The normalized spacial score (nSPS) is 25.5. The molecule has 0 aliphatic carbocycles. The zero-order valence-electron chi connectivity index (χ0n) is 8.80. The van der Waals surface area contributed by atoms with Crippen molar-refractivity contribution in [1.29, 1.82) is 4.78 Å². The average molecular weight is 204 g/mol. The molecule has 0 saturated carbocycles. The number of hydrogen-bond donors (Lipinski definition) is 1. The van der Waals surface area contributed by atoms with Crippen LogP contribution in [0, 0.1) is 4.78 Å². The molecule has 0 bridgehead atoms. The summed E-state index contributed by atoms with van der Waals surface area (Å²) >= 11 is 0. The van der Waals surface area contributed by atoms with Gasteiger partial charge in [-0.3, -0.25) is 0 Å². The Balaban J connectivity index is 2.80. The summed E-state index contributed by atoms with van der Waals surface area (Å²) in [7, 11) is -2.57. The van der Waals surface area contributed by atoms with Crippen molar-refractivity contribution in [2.45, 2.75) is 44.8 Å². The van der Waals surface area contributed by atoms with Gasteiger partial charge >= 0.3 is 0 Å². The SMILES string of the molecule is CC(C)(C)S(=N)(=O)N1CCCCC1. The van der Waals surface area contributed by atoms with E-state index in [4.69, 9.17) is 4.78 Å². The van der Waals surface area contributed by atoms with Crippen LogP contribution in [0.4, 0.5) is 0 Å². The Morgan fingerprint density at radius 2 is 1.62 bits per heavy atom. The van der Waals surface area contributed by atoms with E-state index in [1.165, 1.54) is 6.42 Å². The van der Waals surface area contributed by atoms with Crippen molar-refractivity contribution in [2.75, 3.05) is 13.1 Å². The van der Waals surface area contributed by atoms with Crippen LogP contribution in [0.3, 0.4) is 0 Å². The number of nitrogens with one attached hydrogen (secondary N) is 1. The van der Waals surface area contributed by atoms with Crippen molar-refractivity contribution >= 4 is 9.92 Å². The van der Waals surface area contributed by atoms with Crippen molar-refractivity contribution in [3.63, 3.8) is 0 Å². The summed E-state index contributed by atoms with van der Waals surface area (Å²) in [6, 6.07) is 0. The standard InChI is InChI=1S/C9H20N2OS/c1-9(2,3)13(10,12)11-7-5-4-6-8-11/h10H,4-8H2,1-3H3. The highest BCUT2D eigenvalue weighted by Gasteiger charge is 2.31. The number of nitrogens with zero attached hydrogens (tertiary/aromatic N) is 1. The lowest BCUT2D eigenvalue weighted by Crippen LogP contribution is -2.44. The maximum absolute atomic E-state index is 12.2. The Bertz CT molecular complexity index is 258. The predicted octanol–water partition coefficient (Wildman–Crippen LogP) is 2.23. The molecule has 0 radical (unpaired) electrons. The third-order valence-electron chi connectivity index (χ3n) is 2.51. The summed E-state index contributed by atoms with van der Waals surface area (Å²) in [6.45, 7) is 7.32. The Kier molecular flexibility index (Phi) is 3.02. The van der Waals surface area contributed by atoms with Crippen LogP contribution in [-0.2, 0) is 9.92 Å². The first-order chi connectivity index (χ1) is 5.86. The first-order valence-electron chi connectivity index (χ1n) is 4.89. The van der Waals surface area contributed by atoms with Crippen LogP contribution in [0.15, 0.2) is 0 Å². The van der Waals surface area contributed by atoms with Crippen molar-refractivity contribution < 1.29 is 4.21 Å². The first-order valence-corrected chi connectivity index (χ1v) is 6.40. The first kappa shape index (κ1) is 11.0. The minimum absolute atomic E-state index is 0.426. The molecule has 1 aliphatic rings. The van der Waals surface area contributed by atoms with Gasteiger partial charge in [0.05, 0.1) is 4.75 Å². The second kappa shape index (κ2) is 3.58. The summed E-state index contributed by atoms with van der Waals surface area (Å²) in [5, 5.41) is 0. The van der Waals surface area contributed by atoms with Crippen molar-refractivity contribution in [2.24, 2.45) is 0 Å². The molecule has 4 heteroatoms. The van der Waals surface area contributed by atoms with Gasteiger partial charge in [0.15, 0.2) is 0 Å². The van der Waals surface area contributed by atoms with E-state index in [1.807, 2.05) is 25.1 Å². The summed E-state index contributed by atoms with van der Waals surface area (Å²) in [4.78, 5) is 0. The molecule has 3 nitrogen and oxygen atoms in total. The number of piperidine rings is 1. The molecule has 0 spiro atoms. The molecule has 13 heavy (non-hydrogen) atoms. The summed E-state index contributed by atoms with van der Waals surface area (Å²) in [5.41, 5.74) is 0. The second-order valence-corrected chi connectivity index (χ2v) is 7.42. The van der Waals surface area contributed by atoms with Gasteiger partial charge in [-0.1, -0.05) is 6.42 Å². The monoisotopic (exact) mass is 204 g/mol. The Morgan fingerprint density at radius 1 is 1.15 bits per heavy atom. The number of hydrogen-bond acceptors (Lipinski definition) is 2. The molecule has 0 aromatic carbocycles. The third kappa shape index (κ3) is 2.23. The molecular formula is C9H20N2OS. The Hall–Kier alpha value is -0.0900. The van der Waals surface area contributed by atoms with Crippen molar-refractivity contribution in [3.8, 4) is 0 Å². The third-order valence-corrected chi connectivity index (χ3v) is 5.26. The van der Waals surface area contributed by atoms with Crippen LogP contribution in [0.1, 0.15) is 40.0 Å². The van der Waals surface area contributed by atoms with Gasteiger partial charge in [0, 0.05) is 13.1 Å². The van der Waals surface area contributed by atoms with Crippen LogP contribution >= 0.6 is 0 Å². The van der Waals surface area contributed by atoms with Gasteiger partial charge in [0.25, 0.3) is 0 Å². The molecule has 1 rings (SSSR count). The van der Waals surface area contributed by atoms with Gasteiger partial charge in [-0.05, 0) is 33.6 Å². The predicted molar refractivity (Wildman–Crippen MR) is 56.0 cm³/mol. The Morgan fingerprint density at radius 3 is 2.00 bits per heavy atom. The van der Waals surface area contributed by atoms with E-state index < -0.39 is 14.7 Å². The largest absolute Gasteiger partial charge is 0.240 e. The zero-order chi connectivity index (χ0) is 10.1. The summed E-state index contributed by atoms with van der Waals surface area (Å²) in [6.07, 6.45) is 3.40. The smallest absolute Gasteiger partial charge is 0.112 e. The lowest BCUT2D eigenvalue weighted by molar-refractivity contribution is 0.353. The van der Waals surface area contributed by atoms with Gasteiger partial charge in [-0.2, -0.15) is 0 Å². The fourth-order valence-electron chi connectivity index (χ4n) is 1.51. The van der Waals surface area contributed by atoms with Crippen LogP contribution in [-0.4, -0.2) is 26.4 Å². The molecule has 0 amide bonds. The molecule has 1 saturated heterocycles. The molecular weight excluding hydrogens is 184 g/mol. The van der Waals surface area contributed by atoms with E-state index in [1.54, 1.807) is 0 Å². The fourth-order valence-corrected chi connectivity index (χ4v) is 3.06. The molecule has 1 unspecified atom stereocenters. The lowest BCUT2D eigenvalue weighted by atomic mass is 10.2. The van der Waals surface area contributed by atoms with Crippen LogP contribution in [0.5, 0.6) is 0 Å². The fraction of sp³-hybridized carbons (Fsp3) is 1.00. The minimum atomic E-state index is -2.57. The Labute approximate surface area is 81.6 Å². The summed E-state index contributed by atoms with van der Waals surface area (Å²) in [5.74, 6) is 0. The van der Waals surface area contributed by atoms with E-state index in [0.29, 0.717) is 0 Å². The van der Waals surface area contributed by atoms with E-state index in [9.17, 15) is 4.21 Å². The van der Waals surface area contributed by atoms with E-state index in [0.717, 1.165) is 25.9 Å². The van der Waals surface area contributed by atoms with Crippen LogP contribution < -0.4 is 0 Å². The lowest BCUT2D eigenvalue weighted by Gasteiger charge is -2.35. The highest BCUT2D eigenvalue weighted by molar-refractivity contribution is 7.91. The van der Waals surface area contributed by atoms with Crippen LogP contribution in [0.2, 0.25) is 0 Å². The highest BCUT2D eigenvalue weighted by atomic mass is 32.2. The van der Waals surface area contributed by atoms with Gasteiger partial charge in [0.2, 0.25) is 0 Å². The van der Waals surface area contributed by atoms with Gasteiger partial charge < -0.3 is 0 Å². The molecule has 1 fully saturated rings. The second-order valence-electron chi connectivity index (χ2n) is 4.63. The van der Waals surface area contributed by atoms with Gasteiger partial charge in [-0.25, -0.2) is 13.3 Å². The average Bonchev–Trinajstić information content (AvgIpc) is 2.04. The quantitative estimate of drug-likeness (QED) is 0.699. The highest BCUT2D eigenvalue weighted by Crippen LogP contribution is 2.24. The molecule has 1 aliphatic heterocycles. The maximum Gasteiger partial charge on any atom is 0.112 e.